The molecule has 0 aliphatic rings. The van der Waals surface area contributed by atoms with Crippen molar-refractivity contribution >= 4 is 35.1 Å². The maximum atomic E-state index is 12.2. The predicted molar refractivity (Wildman–Crippen MR) is 101 cm³/mol. The highest BCUT2D eigenvalue weighted by Crippen LogP contribution is 2.26. The molecule has 1 amide bonds. The smallest absolute Gasteiger partial charge is 0.344 e. The molecule has 0 heterocycles. The molecule has 26 heavy (non-hydrogen) atoms. The van der Waals surface area contributed by atoms with Crippen LogP contribution in [0.15, 0.2) is 48.5 Å². The van der Waals surface area contributed by atoms with Gasteiger partial charge in [0.15, 0.2) is 12.7 Å². The van der Waals surface area contributed by atoms with Gasteiger partial charge in [-0.2, -0.15) is 0 Å². The Morgan fingerprint density at radius 2 is 1.77 bits per heavy atom. The van der Waals surface area contributed by atoms with E-state index < -0.39 is 18.0 Å². The van der Waals surface area contributed by atoms with Crippen LogP contribution in [-0.4, -0.2) is 24.6 Å². The van der Waals surface area contributed by atoms with E-state index >= 15 is 0 Å². The van der Waals surface area contributed by atoms with Gasteiger partial charge in [0.25, 0.3) is 5.91 Å². The van der Waals surface area contributed by atoms with E-state index in [-0.39, 0.29) is 12.6 Å². The summed E-state index contributed by atoms with van der Waals surface area (Å²) >= 11 is 12.0. The first-order valence-electron chi connectivity index (χ1n) is 7.99. The molecule has 0 saturated heterocycles. The van der Waals surface area contributed by atoms with Gasteiger partial charge in [-0.1, -0.05) is 47.5 Å². The highest BCUT2D eigenvalue weighted by Gasteiger charge is 2.21. The predicted octanol–water partition coefficient (Wildman–Crippen LogP) is 4.18. The Morgan fingerprint density at radius 3 is 2.42 bits per heavy atom. The molecule has 0 radical (unpaired) electrons. The molecule has 1 N–H and O–H groups in total. The number of hydrogen-bond acceptors (Lipinski definition) is 4. The van der Waals surface area contributed by atoms with E-state index in [9.17, 15) is 9.59 Å². The maximum absolute atomic E-state index is 12.2. The van der Waals surface area contributed by atoms with Crippen molar-refractivity contribution in [3.63, 3.8) is 0 Å². The quantitative estimate of drug-likeness (QED) is 0.714. The summed E-state index contributed by atoms with van der Waals surface area (Å²) in [7, 11) is 0. The van der Waals surface area contributed by atoms with Crippen molar-refractivity contribution in [1.82, 2.24) is 5.32 Å². The normalized spacial score (nSPS) is 12.8. The number of carbonyl (C=O) groups excluding carboxylic acids is 2. The van der Waals surface area contributed by atoms with Crippen LogP contribution < -0.4 is 10.1 Å². The van der Waals surface area contributed by atoms with Crippen molar-refractivity contribution in [3.8, 4) is 5.75 Å². The first-order valence-corrected chi connectivity index (χ1v) is 8.75. The van der Waals surface area contributed by atoms with Crippen LogP contribution in [0.3, 0.4) is 0 Å². The fourth-order valence-corrected chi connectivity index (χ4v) is 2.78. The van der Waals surface area contributed by atoms with E-state index in [1.54, 1.807) is 49.4 Å². The minimum atomic E-state index is -0.963. The number of rotatable bonds is 7. The molecule has 0 aromatic heterocycles. The topological polar surface area (TPSA) is 64.6 Å². The number of amides is 1. The molecule has 0 bridgehead atoms. The van der Waals surface area contributed by atoms with E-state index in [2.05, 4.69) is 5.32 Å². The molecule has 0 unspecified atom stereocenters. The van der Waals surface area contributed by atoms with Crippen LogP contribution in [-0.2, 0) is 14.3 Å². The standard InChI is InChI=1S/C19H19Cl2NO4/c1-12(16-9-8-14(20)10-17(16)21)22-19(24)13(2)26-18(23)11-25-15-6-4-3-5-7-15/h3-10,12-13H,11H2,1-2H3,(H,22,24)/t12-,13+/m1/s1. The van der Waals surface area contributed by atoms with Gasteiger partial charge in [0.1, 0.15) is 5.75 Å². The number of nitrogens with one attached hydrogen (secondary N) is 1. The Labute approximate surface area is 162 Å². The highest BCUT2D eigenvalue weighted by molar-refractivity contribution is 6.35. The molecular weight excluding hydrogens is 377 g/mol. The van der Waals surface area contributed by atoms with Crippen molar-refractivity contribution in [1.29, 1.82) is 0 Å². The molecule has 2 aromatic carbocycles. The molecule has 2 aromatic rings. The monoisotopic (exact) mass is 395 g/mol. The summed E-state index contributed by atoms with van der Waals surface area (Å²) in [4.78, 5) is 24.0. The minimum Gasteiger partial charge on any atom is -0.482 e. The van der Waals surface area contributed by atoms with Gasteiger partial charge in [-0.25, -0.2) is 4.79 Å². The SMILES string of the molecule is C[C@H](OC(=O)COc1ccccc1)C(=O)N[C@H](C)c1ccc(Cl)cc1Cl. The number of benzene rings is 2. The fraction of sp³-hybridized carbons (Fsp3) is 0.263. The lowest BCUT2D eigenvalue weighted by molar-refractivity contribution is -0.156. The number of carbonyl (C=O) groups is 2. The second-order valence-electron chi connectivity index (χ2n) is 5.63. The lowest BCUT2D eigenvalue weighted by atomic mass is 10.1. The van der Waals surface area contributed by atoms with Gasteiger partial charge in [-0.3, -0.25) is 4.79 Å². The van der Waals surface area contributed by atoms with Crippen LogP contribution in [0.1, 0.15) is 25.5 Å². The molecular formula is C19H19Cl2NO4. The Bertz CT molecular complexity index is 767. The zero-order chi connectivity index (χ0) is 19.1. The van der Waals surface area contributed by atoms with Gasteiger partial charge in [-0.15, -0.1) is 0 Å². The molecule has 0 aliphatic heterocycles. The van der Waals surface area contributed by atoms with E-state index in [4.69, 9.17) is 32.7 Å². The van der Waals surface area contributed by atoms with Crippen molar-refractivity contribution in [3.05, 3.63) is 64.1 Å². The minimum absolute atomic E-state index is 0.278. The van der Waals surface area contributed by atoms with Crippen molar-refractivity contribution in [2.24, 2.45) is 0 Å². The van der Waals surface area contributed by atoms with Gasteiger partial charge < -0.3 is 14.8 Å². The molecule has 7 heteroatoms. The number of ether oxygens (including phenoxy) is 2. The van der Waals surface area contributed by atoms with Crippen molar-refractivity contribution in [2.75, 3.05) is 6.61 Å². The first-order chi connectivity index (χ1) is 12.4. The van der Waals surface area contributed by atoms with Gasteiger partial charge >= 0.3 is 5.97 Å². The number of hydrogen-bond donors (Lipinski definition) is 1. The van der Waals surface area contributed by atoms with E-state index in [1.165, 1.54) is 6.92 Å². The Balaban J connectivity index is 1.83. The van der Waals surface area contributed by atoms with Crippen LogP contribution in [0.4, 0.5) is 0 Å². The van der Waals surface area contributed by atoms with Gasteiger partial charge in [0, 0.05) is 10.0 Å². The Kier molecular flexibility index (Phi) is 7.30. The molecule has 0 aliphatic carbocycles. The summed E-state index contributed by atoms with van der Waals surface area (Å²) in [5, 5.41) is 3.71. The average Bonchev–Trinajstić information content (AvgIpc) is 2.60. The van der Waals surface area contributed by atoms with Crippen LogP contribution >= 0.6 is 23.2 Å². The van der Waals surface area contributed by atoms with Gasteiger partial charge in [0.05, 0.1) is 6.04 Å². The number of halogens is 2. The van der Waals surface area contributed by atoms with Crippen molar-refractivity contribution in [2.45, 2.75) is 26.0 Å². The summed E-state index contributed by atoms with van der Waals surface area (Å²) < 4.78 is 10.4. The maximum Gasteiger partial charge on any atom is 0.344 e. The summed E-state index contributed by atoms with van der Waals surface area (Å²) in [6.07, 6.45) is -0.963. The van der Waals surface area contributed by atoms with Crippen LogP contribution in [0, 0.1) is 0 Å². The molecule has 2 atom stereocenters. The highest BCUT2D eigenvalue weighted by atomic mass is 35.5. The van der Waals surface area contributed by atoms with E-state index in [1.807, 2.05) is 6.07 Å². The second kappa shape index (κ2) is 9.46. The molecule has 0 spiro atoms. The largest absolute Gasteiger partial charge is 0.482 e. The zero-order valence-corrected chi connectivity index (χ0v) is 15.9. The third-order valence-electron chi connectivity index (χ3n) is 3.57. The average molecular weight is 396 g/mol. The third-order valence-corrected chi connectivity index (χ3v) is 4.13. The number of esters is 1. The fourth-order valence-electron chi connectivity index (χ4n) is 2.20. The van der Waals surface area contributed by atoms with Crippen LogP contribution in [0.25, 0.3) is 0 Å². The van der Waals surface area contributed by atoms with E-state index in [0.717, 1.165) is 5.56 Å². The van der Waals surface area contributed by atoms with Crippen LogP contribution in [0.5, 0.6) is 5.75 Å². The summed E-state index contributed by atoms with van der Waals surface area (Å²) in [5.41, 5.74) is 0.718. The number of para-hydroxylation sites is 1. The van der Waals surface area contributed by atoms with E-state index in [0.29, 0.717) is 15.8 Å². The molecule has 138 valence electrons. The zero-order valence-electron chi connectivity index (χ0n) is 14.4. The lowest BCUT2D eigenvalue weighted by Gasteiger charge is -2.19. The van der Waals surface area contributed by atoms with Gasteiger partial charge in [0.2, 0.25) is 0 Å². The first kappa shape index (κ1) is 20.1. The summed E-state index contributed by atoms with van der Waals surface area (Å²) in [6, 6.07) is 13.5. The molecule has 2 rings (SSSR count). The third kappa shape index (κ3) is 5.93. The summed E-state index contributed by atoms with van der Waals surface area (Å²) in [5.74, 6) is -0.516. The van der Waals surface area contributed by atoms with Crippen molar-refractivity contribution < 1.29 is 19.1 Å². The van der Waals surface area contributed by atoms with Crippen LogP contribution in [0.2, 0.25) is 10.0 Å². The molecule has 5 nitrogen and oxygen atoms in total. The molecule has 0 fully saturated rings. The summed E-state index contributed by atoms with van der Waals surface area (Å²) in [6.45, 7) is 2.99. The lowest BCUT2D eigenvalue weighted by Crippen LogP contribution is -2.38. The second-order valence-corrected chi connectivity index (χ2v) is 6.47. The Hall–Kier alpha value is -2.24. The molecule has 0 saturated carbocycles. The Morgan fingerprint density at radius 1 is 1.08 bits per heavy atom. The van der Waals surface area contributed by atoms with Gasteiger partial charge in [-0.05, 0) is 43.7 Å².